The maximum Gasteiger partial charge on any atom is 0.270 e. The Morgan fingerprint density at radius 1 is 1.21 bits per heavy atom. The average molecular weight is 397 g/mol. The van der Waals surface area contributed by atoms with Gasteiger partial charge in [-0.2, -0.15) is 0 Å². The van der Waals surface area contributed by atoms with Gasteiger partial charge in [0.1, 0.15) is 5.69 Å². The van der Waals surface area contributed by atoms with Crippen molar-refractivity contribution in [2.45, 2.75) is 32.2 Å². The molecule has 132 valence electrons. The van der Waals surface area contributed by atoms with E-state index in [-0.39, 0.29) is 11.8 Å². The zero-order valence-electron chi connectivity index (χ0n) is 14.1. The SMILES string of the molecule is CC1CCCCN1C(=O)CN1CCN(C(=O)c2cc(Br)c[nH]2)CC1. The second-order valence-electron chi connectivity index (χ2n) is 6.73. The molecule has 0 spiro atoms. The molecule has 2 fully saturated rings. The Morgan fingerprint density at radius 3 is 2.58 bits per heavy atom. The summed E-state index contributed by atoms with van der Waals surface area (Å²) < 4.78 is 0.880. The number of piperazine rings is 1. The van der Waals surface area contributed by atoms with Crippen molar-refractivity contribution < 1.29 is 9.59 Å². The number of carbonyl (C=O) groups is 2. The molecule has 2 aliphatic rings. The fourth-order valence-corrected chi connectivity index (χ4v) is 3.86. The van der Waals surface area contributed by atoms with Gasteiger partial charge in [-0.1, -0.05) is 0 Å². The fourth-order valence-electron chi connectivity index (χ4n) is 3.52. The zero-order chi connectivity index (χ0) is 17.1. The topological polar surface area (TPSA) is 59.7 Å². The van der Waals surface area contributed by atoms with Gasteiger partial charge < -0.3 is 14.8 Å². The highest BCUT2D eigenvalue weighted by molar-refractivity contribution is 9.10. The molecule has 0 aliphatic carbocycles. The molecule has 1 aromatic rings. The minimum atomic E-state index is 0.0244. The van der Waals surface area contributed by atoms with E-state index in [0.717, 1.165) is 36.9 Å². The number of carbonyl (C=O) groups excluding carboxylic acids is 2. The van der Waals surface area contributed by atoms with Gasteiger partial charge in [-0.3, -0.25) is 14.5 Å². The molecule has 0 saturated carbocycles. The van der Waals surface area contributed by atoms with Gasteiger partial charge in [0.15, 0.2) is 0 Å². The molecule has 3 rings (SSSR count). The molecule has 0 aromatic carbocycles. The first-order valence-electron chi connectivity index (χ1n) is 8.69. The van der Waals surface area contributed by atoms with Gasteiger partial charge in [0.25, 0.3) is 5.91 Å². The van der Waals surface area contributed by atoms with Crippen molar-refractivity contribution in [3.05, 3.63) is 22.4 Å². The van der Waals surface area contributed by atoms with Crippen LogP contribution in [0.1, 0.15) is 36.7 Å². The molecule has 7 heteroatoms. The van der Waals surface area contributed by atoms with E-state index in [4.69, 9.17) is 0 Å². The highest BCUT2D eigenvalue weighted by Crippen LogP contribution is 2.17. The second-order valence-corrected chi connectivity index (χ2v) is 7.65. The summed E-state index contributed by atoms with van der Waals surface area (Å²) >= 11 is 3.35. The standard InChI is InChI=1S/C17H25BrN4O2/c1-13-4-2-3-5-22(13)16(23)12-20-6-8-21(9-7-20)17(24)15-10-14(18)11-19-15/h10-11,13,19H,2-9,12H2,1H3. The summed E-state index contributed by atoms with van der Waals surface area (Å²) in [5.74, 6) is 0.256. The van der Waals surface area contributed by atoms with Crippen LogP contribution in [0.25, 0.3) is 0 Å². The van der Waals surface area contributed by atoms with Gasteiger partial charge in [-0.15, -0.1) is 0 Å². The molecule has 2 saturated heterocycles. The lowest BCUT2D eigenvalue weighted by Crippen LogP contribution is -2.53. The summed E-state index contributed by atoms with van der Waals surface area (Å²) in [7, 11) is 0. The summed E-state index contributed by atoms with van der Waals surface area (Å²) in [6.07, 6.45) is 5.21. The predicted octanol–water partition coefficient (Wildman–Crippen LogP) is 1.94. The van der Waals surface area contributed by atoms with E-state index in [1.165, 1.54) is 6.42 Å². The van der Waals surface area contributed by atoms with Crippen LogP contribution in [0.5, 0.6) is 0 Å². The van der Waals surface area contributed by atoms with Crippen LogP contribution in [0.15, 0.2) is 16.7 Å². The van der Waals surface area contributed by atoms with Crippen LogP contribution in [0.2, 0.25) is 0 Å². The van der Waals surface area contributed by atoms with Crippen LogP contribution in [0.3, 0.4) is 0 Å². The lowest BCUT2D eigenvalue weighted by atomic mass is 10.0. The summed E-state index contributed by atoms with van der Waals surface area (Å²) in [6, 6.07) is 2.16. The fraction of sp³-hybridized carbons (Fsp3) is 0.647. The van der Waals surface area contributed by atoms with E-state index in [2.05, 4.69) is 32.7 Å². The van der Waals surface area contributed by atoms with Crippen LogP contribution >= 0.6 is 15.9 Å². The number of aromatic nitrogens is 1. The lowest BCUT2D eigenvalue weighted by Gasteiger charge is -2.38. The van der Waals surface area contributed by atoms with E-state index >= 15 is 0 Å². The third-order valence-electron chi connectivity index (χ3n) is 5.02. The van der Waals surface area contributed by atoms with Gasteiger partial charge in [-0.25, -0.2) is 0 Å². The third-order valence-corrected chi connectivity index (χ3v) is 5.48. The Labute approximate surface area is 151 Å². The highest BCUT2D eigenvalue weighted by Gasteiger charge is 2.27. The van der Waals surface area contributed by atoms with Gasteiger partial charge >= 0.3 is 0 Å². The molecule has 2 aliphatic heterocycles. The number of hydrogen-bond acceptors (Lipinski definition) is 3. The van der Waals surface area contributed by atoms with Crippen LogP contribution < -0.4 is 0 Å². The monoisotopic (exact) mass is 396 g/mol. The normalized spacial score (nSPS) is 22.7. The number of halogens is 1. The average Bonchev–Trinajstić information content (AvgIpc) is 3.02. The van der Waals surface area contributed by atoms with E-state index in [1.54, 1.807) is 12.3 Å². The van der Waals surface area contributed by atoms with E-state index in [0.29, 0.717) is 31.4 Å². The maximum atomic E-state index is 12.5. The molecule has 1 aromatic heterocycles. The van der Waals surface area contributed by atoms with Crippen molar-refractivity contribution in [2.24, 2.45) is 0 Å². The molecule has 3 heterocycles. The van der Waals surface area contributed by atoms with Gasteiger partial charge in [0.05, 0.1) is 6.54 Å². The predicted molar refractivity (Wildman–Crippen MR) is 95.9 cm³/mol. The number of nitrogens with zero attached hydrogens (tertiary/aromatic N) is 3. The van der Waals surface area contributed by atoms with Gasteiger partial charge in [-0.05, 0) is 48.2 Å². The molecule has 1 atom stereocenters. The largest absolute Gasteiger partial charge is 0.356 e. The molecule has 1 N–H and O–H groups in total. The number of H-pyrrole nitrogens is 1. The smallest absolute Gasteiger partial charge is 0.270 e. The first-order valence-corrected chi connectivity index (χ1v) is 9.49. The van der Waals surface area contributed by atoms with Gasteiger partial charge in [0, 0.05) is 49.4 Å². The van der Waals surface area contributed by atoms with E-state index in [1.807, 2.05) is 9.80 Å². The Bertz CT molecular complexity index is 595. The minimum Gasteiger partial charge on any atom is -0.356 e. The van der Waals surface area contributed by atoms with Gasteiger partial charge in [0.2, 0.25) is 5.91 Å². The first-order chi connectivity index (χ1) is 11.5. The Balaban J connectivity index is 1.48. The number of amides is 2. The summed E-state index contributed by atoms with van der Waals surface area (Å²) in [5.41, 5.74) is 0.605. The highest BCUT2D eigenvalue weighted by atomic mass is 79.9. The molecule has 0 bridgehead atoms. The molecular weight excluding hydrogens is 372 g/mol. The third kappa shape index (κ3) is 4.00. The molecule has 24 heavy (non-hydrogen) atoms. The number of likely N-dealkylation sites (tertiary alicyclic amines) is 1. The molecule has 2 amide bonds. The molecule has 6 nitrogen and oxygen atoms in total. The number of nitrogens with one attached hydrogen (secondary N) is 1. The second kappa shape index (κ2) is 7.70. The Kier molecular flexibility index (Phi) is 5.61. The van der Waals surface area contributed by atoms with Crippen molar-refractivity contribution in [2.75, 3.05) is 39.3 Å². The van der Waals surface area contributed by atoms with Crippen LogP contribution in [-0.4, -0.2) is 76.8 Å². The maximum absolute atomic E-state index is 12.5. The Morgan fingerprint density at radius 2 is 1.96 bits per heavy atom. The van der Waals surface area contributed by atoms with Crippen molar-refractivity contribution in [1.29, 1.82) is 0 Å². The van der Waals surface area contributed by atoms with E-state index < -0.39 is 0 Å². The van der Waals surface area contributed by atoms with Crippen LogP contribution in [0, 0.1) is 0 Å². The quantitative estimate of drug-likeness (QED) is 0.848. The zero-order valence-corrected chi connectivity index (χ0v) is 15.7. The minimum absolute atomic E-state index is 0.0244. The first kappa shape index (κ1) is 17.5. The van der Waals surface area contributed by atoms with Crippen molar-refractivity contribution in [1.82, 2.24) is 19.7 Å². The number of rotatable bonds is 3. The molecule has 0 radical (unpaired) electrons. The van der Waals surface area contributed by atoms with Crippen molar-refractivity contribution in [3.63, 3.8) is 0 Å². The van der Waals surface area contributed by atoms with Crippen molar-refractivity contribution >= 4 is 27.7 Å². The molecule has 1 unspecified atom stereocenters. The summed E-state index contributed by atoms with van der Waals surface area (Å²) in [4.78, 5) is 33.9. The van der Waals surface area contributed by atoms with Crippen molar-refractivity contribution in [3.8, 4) is 0 Å². The lowest BCUT2D eigenvalue weighted by molar-refractivity contribution is -0.136. The number of hydrogen-bond donors (Lipinski definition) is 1. The van der Waals surface area contributed by atoms with Crippen LogP contribution in [-0.2, 0) is 4.79 Å². The summed E-state index contributed by atoms with van der Waals surface area (Å²) in [5, 5.41) is 0. The van der Waals surface area contributed by atoms with Crippen LogP contribution in [0.4, 0.5) is 0 Å². The van der Waals surface area contributed by atoms with E-state index in [9.17, 15) is 9.59 Å². The summed E-state index contributed by atoms with van der Waals surface area (Å²) in [6.45, 7) is 6.34. The molecular formula is C17H25BrN4O2. The Hall–Kier alpha value is -1.34. The number of aromatic amines is 1. The number of piperidine rings is 1.